The third-order valence-electron chi connectivity index (χ3n) is 2.01. The maximum Gasteiger partial charge on any atom is 0.151 e. The van der Waals surface area contributed by atoms with E-state index in [9.17, 15) is 8.42 Å². The van der Waals surface area contributed by atoms with E-state index in [1.165, 1.54) is 18.0 Å². The number of aromatic nitrogens is 1. The van der Waals surface area contributed by atoms with E-state index in [0.717, 1.165) is 14.6 Å². The third kappa shape index (κ3) is 3.84. The van der Waals surface area contributed by atoms with Gasteiger partial charge in [0.1, 0.15) is 9.84 Å². The molecule has 3 nitrogen and oxygen atoms in total. The van der Waals surface area contributed by atoms with Crippen molar-refractivity contribution in [2.24, 2.45) is 0 Å². The summed E-state index contributed by atoms with van der Waals surface area (Å²) in [4.78, 5) is 4.40. The van der Waals surface area contributed by atoms with Crippen LogP contribution in [-0.2, 0) is 9.84 Å². The van der Waals surface area contributed by atoms with Crippen LogP contribution in [-0.4, -0.2) is 31.2 Å². The zero-order chi connectivity index (χ0) is 12.5. The summed E-state index contributed by atoms with van der Waals surface area (Å²) >= 11 is 8.89. The fourth-order valence-corrected chi connectivity index (χ4v) is 4.70. The topological polar surface area (TPSA) is 47.0 Å². The van der Waals surface area contributed by atoms with Crippen molar-refractivity contribution in [3.8, 4) is 0 Å². The molecule has 0 radical (unpaired) electrons. The van der Waals surface area contributed by atoms with Crippen LogP contribution in [0.4, 0.5) is 0 Å². The van der Waals surface area contributed by atoms with Crippen molar-refractivity contribution in [1.29, 1.82) is 0 Å². The molecule has 92 valence electrons. The minimum absolute atomic E-state index is 0.175. The largest absolute Gasteiger partial charge is 0.230 e. The minimum Gasteiger partial charge on any atom is -0.230 e. The molecule has 0 saturated carbocycles. The van der Waals surface area contributed by atoms with Gasteiger partial charge in [-0.25, -0.2) is 13.4 Å². The van der Waals surface area contributed by atoms with Crippen LogP contribution in [0.2, 0.25) is 5.02 Å². The second-order valence-corrected chi connectivity index (χ2v) is 8.64. The SMILES string of the molecule is CS(=O)(=O)CCSc1nc2cc(Cl)ccc2s1. The predicted octanol–water partition coefficient (Wildman–Crippen LogP) is 3.09. The molecule has 1 aromatic carbocycles. The highest BCUT2D eigenvalue weighted by atomic mass is 35.5. The molecule has 17 heavy (non-hydrogen) atoms. The predicted molar refractivity (Wildman–Crippen MR) is 75.1 cm³/mol. The van der Waals surface area contributed by atoms with Crippen molar-refractivity contribution in [1.82, 2.24) is 4.98 Å². The van der Waals surface area contributed by atoms with Gasteiger partial charge in [-0.2, -0.15) is 0 Å². The summed E-state index contributed by atoms with van der Waals surface area (Å²) < 4.78 is 23.9. The van der Waals surface area contributed by atoms with Crippen molar-refractivity contribution in [3.05, 3.63) is 23.2 Å². The molecule has 0 amide bonds. The van der Waals surface area contributed by atoms with Crippen LogP contribution in [0.15, 0.2) is 22.5 Å². The lowest BCUT2D eigenvalue weighted by molar-refractivity contribution is 0.603. The molecule has 0 aliphatic carbocycles. The molecule has 0 fully saturated rings. The lowest BCUT2D eigenvalue weighted by Gasteiger charge is -1.95. The van der Waals surface area contributed by atoms with Crippen molar-refractivity contribution in [3.63, 3.8) is 0 Å². The van der Waals surface area contributed by atoms with Gasteiger partial charge in [0, 0.05) is 17.0 Å². The van der Waals surface area contributed by atoms with Gasteiger partial charge in [-0.3, -0.25) is 0 Å². The molecule has 0 unspecified atom stereocenters. The average Bonchev–Trinajstić information content (AvgIpc) is 2.57. The maximum atomic E-state index is 11.0. The van der Waals surface area contributed by atoms with E-state index in [1.54, 1.807) is 11.3 Å². The number of nitrogens with zero attached hydrogens (tertiary/aromatic N) is 1. The van der Waals surface area contributed by atoms with Gasteiger partial charge in [-0.1, -0.05) is 23.4 Å². The molecular weight excluding hydrogens is 298 g/mol. The van der Waals surface area contributed by atoms with Gasteiger partial charge in [0.2, 0.25) is 0 Å². The van der Waals surface area contributed by atoms with Crippen LogP contribution in [0.1, 0.15) is 0 Å². The molecule has 2 aromatic rings. The first kappa shape index (κ1) is 13.1. The second-order valence-electron chi connectivity index (χ2n) is 3.57. The molecule has 1 aromatic heterocycles. The van der Waals surface area contributed by atoms with Crippen LogP contribution >= 0.6 is 34.7 Å². The number of hydrogen-bond donors (Lipinski definition) is 0. The summed E-state index contributed by atoms with van der Waals surface area (Å²) in [5, 5.41) is 0.662. The lowest BCUT2D eigenvalue weighted by Crippen LogP contribution is -2.04. The van der Waals surface area contributed by atoms with Crippen molar-refractivity contribution >= 4 is 54.8 Å². The van der Waals surface area contributed by atoms with Gasteiger partial charge >= 0.3 is 0 Å². The van der Waals surface area contributed by atoms with Crippen molar-refractivity contribution in [2.75, 3.05) is 17.8 Å². The summed E-state index contributed by atoms with van der Waals surface area (Å²) in [6, 6.07) is 5.57. The van der Waals surface area contributed by atoms with Crippen LogP contribution in [0.5, 0.6) is 0 Å². The zero-order valence-electron chi connectivity index (χ0n) is 9.01. The van der Waals surface area contributed by atoms with Crippen LogP contribution in [0.3, 0.4) is 0 Å². The van der Waals surface area contributed by atoms with Gasteiger partial charge in [-0.05, 0) is 18.2 Å². The number of rotatable bonds is 4. The standard InChI is InChI=1S/C10H10ClNO2S3/c1-17(13,14)5-4-15-10-12-8-6-7(11)2-3-9(8)16-10/h2-3,6H,4-5H2,1H3. The number of sulfone groups is 1. The van der Waals surface area contributed by atoms with Crippen molar-refractivity contribution < 1.29 is 8.42 Å². The summed E-state index contributed by atoms with van der Waals surface area (Å²) in [6.07, 6.45) is 1.24. The van der Waals surface area contributed by atoms with E-state index in [0.29, 0.717) is 10.8 Å². The Hall–Kier alpha value is -0.300. The Morgan fingerprint density at radius 2 is 2.24 bits per heavy atom. The monoisotopic (exact) mass is 307 g/mol. The summed E-state index contributed by atoms with van der Waals surface area (Å²) in [7, 11) is -2.90. The number of hydrogen-bond acceptors (Lipinski definition) is 5. The first-order chi connectivity index (χ1) is 7.94. The van der Waals surface area contributed by atoms with E-state index in [4.69, 9.17) is 11.6 Å². The van der Waals surface area contributed by atoms with Gasteiger partial charge in [0.25, 0.3) is 0 Å². The molecule has 1 heterocycles. The van der Waals surface area contributed by atoms with E-state index >= 15 is 0 Å². The van der Waals surface area contributed by atoms with Gasteiger partial charge in [0.05, 0.1) is 16.0 Å². The minimum atomic E-state index is -2.90. The number of thiazole rings is 1. The molecule has 0 N–H and O–H groups in total. The Labute approximate surface area is 113 Å². The Kier molecular flexibility index (Phi) is 3.97. The van der Waals surface area contributed by atoms with Crippen LogP contribution in [0, 0.1) is 0 Å². The van der Waals surface area contributed by atoms with E-state index in [-0.39, 0.29) is 5.75 Å². The average molecular weight is 308 g/mol. The van der Waals surface area contributed by atoms with E-state index in [1.807, 2.05) is 18.2 Å². The Balaban J connectivity index is 2.09. The number of halogens is 1. The fourth-order valence-electron chi connectivity index (χ4n) is 1.22. The third-order valence-corrected chi connectivity index (χ3v) is 5.63. The molecule has 0 aliphatic rings. The first-order valence-corrected chi connectivity index (χ1v) is 9.05. The zero-order valence-corrected chi connectivity index (χ0v) is 12.2. The Bertz CT molecular complexity index is 636. The molecule has 0 aliphatic heterocycles. The first-order valence-electron chi connectivity index (χ1n) is 4.81. The second kappa shape index (κ2) is 5.14. The van der Waals surface area contributed by atoms with E-state index in [2.05, 4.69) is 4.98 Å². The van der Waals surface area contributed by atoms with Gasteiger partial charge in [0.15, 0.2) is 4.34 Å². The molecular formula is C10H10ClNO2S3. The molecule has 2 rings (SSSR count). The maximum absolute atomic E-state index is 11.0. The van der Waals surface area contributed by atoms with Gasteiger partial charge < -0.3 is 0 Å². The van der Waals surface area contributed by atoms with E-state index < -0.39 is 9.84 Å². The molecule has 0 atom stereocenters. The number of fused-ring (bicyclic) bond motifs is 1. The highest BCUT2D eigenvalue weighted by Crippen LogP contribution is 2.30. The quantitative estimate of drug-likeness (QED) is 0.814. The number of thioether (sulfide) groups is 1. The summed E-state index contributed by atoms with van der Waals surface area (Å²) in [5.41, 5.74) is 0.865. The Morgan fingerprint density at radius 1 is 1.47 bits per heavy atom. The molecule has 0 saturated heterocycles. The fraction of sp³-hybridized carbons (Fsp3) is 0.300. The molecule has 0 bridgehead atoms. The smallest absolute Gasteiger partial charge is 0.151 e. The molecule has 0 spiro atoms. The Morgan fingerprint density at radius 3 is 2.94 bits per heavy atom. The molecule has 7 heteroatoms. The lowest BCUT2D eigenvalue weighted by atomic mass is 10.3. The highest BCUT2D eigenvalue weighted by molar-refractivity contribution is 8.02. The number of benzene rings is 1. The van der Waals surface area contributed by atoms with Crippen LogP contribution < -0.4 is 0 Å². The normalized spacial score (nSPS) is 12.1. The van der Waals surface area contributed by atoms with Gasteiger partial charge in [-0.15, -0.1) is 11.3 Å². The summed E-state index contributed by atoms with van der Waals surface area (Å²) in [6.45, 7) is 0. The highest BCUT2D eigenvalue weighted by Gasteiger charge is 2.07. The van der Waals surface area contributed by atoms with Crippen molar-refractivity contribution in [2.45, 2.75) is 4.34 Å². The summed E-state index contributed by atoms with van der Waals surface area (Å²) in [5.74, 6) is 0.709. The van der Waals surface area contributed by atoms with Crippen LogP contribution in [0.25, 0.3) is 10.2 Å².